The van der Waals surface area contributed by atoms with Crippen LogP contribution in [0.2, 0.25) is 0 Å². The Morgan fingerprint density at radius 3 is 2.83 bits per heavy atom. The summed E-state index contributed by atoms with van der Waals surface area (Å²) in [6.45, 7) is 4.57. The highest BCUT2D eigenvalue weighted by atomic mass is 32.1. The fourth-order valence-corrected chi connectivity index (χ4v) is 3.71. The van der Waals surface area contributed by atoms with Crippen molar-refractivity contribution in [2.75, 3.05) is 33.8 Å². The van der Waals surface area contributed by atoms with E-state index in [2.05, 4.69) is 40.1 Å². The number of methoxy groups -OCH3 is 1. The van der Waals surface area contributed by atoms with Crippen molar-refractivity contribution in [2.24, 2.45) is 10.9 Å². The zero-order valence-electron chi connectivity index (χ0n) is 14.7. The molecule has 0 bridgehead atoms. The molecule has 7 heteroatoms. The van der Waals surface area contributed by atoms with Gasteiger partial charge in [-0.25, -0.2) is 4.79 Å². The van der Waals surface area contributed by atoms with Crippen LogP contribution in [0.1, 0.15) is 24.6 Å². The first-order valence-electron chi connectivity index (χ1n) is 8.44. The first-order chi connectivity index (χ1) is 11.6. The standard InChI is InChI=1S/C17H28N4O2S/c1-13(11-15-5-4-10-24-15)12-19-16(18-2)20-14-6-8-21(9-7-14)17(22)23-3/h4-5,10,13-14H,6-9,11-12H2,1-3H3,(H2,18,19,20). The van der Waals surface area contributed by atoms with Gasteiger partial charge in [-0.15, -0.1) is 11.3 Å². The summed E-state index contributed by atoms with van der Waals surface area (Å²) in [4.78, 5) is 19.0. The number of amides is 1. The number of rotatable bonds is 5. The van der Waals surface area contributed by atoms with E-state index in [1.54, 1.807) is 11.9 Å². The van der Waals surface area contributed by atoms with Crippen LogP contribution < -0.4 is 10.6 Å². The van der Waals surface area contributed by atoms with E-state index in [9.17, 15) is 4.79 Å². The monoisotopic (exact) mass is 352 g/mol. The van der Waals surface area contributed by atoms with E-state index in [4.69, 9.17) is 4.74 Å². The summed E-state index contributed by atoms with van der Waals surface area (Å²) in [5, 5.41) is 8.99. The number of hydrogen-bond donors (Lipinski definition) is 2. The predicted octanol–water partition coefficient (Wildman–Crippen LogP) is 2.32. The second kappa shape index (κ2) is 9.52. The predicted molar refractivity (Wildman–Crippen MR) is 98.7 cm³/mol. The molecule has 134 valence electrons. The number of nitrogens with one attached hydrogen (secondary N) is 2. The molecular formula is C17H28N4O2S. The molecule has 1 atom stereocenters. The van der Waals surface area contributed by atoms with Crippen molar-refractivity contribution in [3.05, 3.63) is 22.4 Å². The van der Waals surface area contributed by atoms with E-state index < -0.39 is 0 Å². The summed E-state index contributed by atoms with van der Waals surface area (Å²) < 4.78 is 4.77. The minimum atomic E-state index is -0.238. The third-order valence-electron chi connectivity index (χ3n) is 4.24. The highest BCUT2D eigenvalue weighted by Crippen LogP contribution is 2.14. The number of thiophene rings is 1. The Labute approximate surface area is 148 Å². The molecule has 6 nitrogen and oxygen atoms in total. The van der Waals surface area contributed by atoms with Gasteiger partial charge in [-0.3, -0.25) is 4.99 Å². The second-order valence-electron chi connectivity index (χ2n) is 6.22. The summed E-state index contributed by atoms with van der Waals surface area (Å²) >= 11 is 1.81. The molecule has 2 rings (SSSR count). The van der Waals surface area contributed by atoms with Crippen molar-refractivity contribution in [2.45, 2.75) is 32.2 Å². The van der Waals surface area contributed by atoms with E-state index in [1.807, 2.05) is 11.3 Å². The molecule has 0 aromatic carbocycles. The van der Waals surface area contributed by atoms with Gasteiger partial charge in [0.2, 0.25) is 0 Å². The SMILES string of the molecule is CN=C(NCC(C)Cc1cccs1)NC1CCN(C(=O)OC)CC1. The van der Waals surface area contributed by atoms with Crippen LogP contribution in [0.5, 0.6) is 0 Å². The van der Waals surface area contributed by atoms with Crippen LogP contribution in [0.4, 0.5) is 4.79 Å². The number of guanidine groups is 1. The molecule has 2 heterocycles. The molecule has 0 saturated carbocycles. The summed E-state index contributed by atoms with van der Waals surface area (Å²) in [6, 6.07) is 4.62. The van der Waals surface area contributed by atoms with Gasteiger partial charge in [0.05, 0.1) is 7.11 Å². The molecule has 1 aromatic heterocycles. The van der Waals surface area contributed by atoms with E-state index in [0.29, 0.717) is 12.0 Å². The average molecular weight is 353 g/mol. The second-order valence-corrected chi connectivity index (χ2v) is 7.25. The van der Waals surface area contributed by atoms with Crippen LogP contribution in [-0.4, -0.2) is 56.8 Å². The Balaban J connectivity index is 1.70. The van der Waals surface area contributed by atoms with Gasteiger partial charge < -0.3 is 20.3 Å². The normalized spacial score (nSPS) is 17.5. The molecule has 0 spiro atoms. The van der Waals surface area contributed by atoms with Gasteiger partial charge in [-0.05, 0) is 36.6 Å². The van der Waals surface area contributed by atoms with Crippen molar-refractivity contribution >= 4 is 23.4 Å². The number of hydrogen-bond acceptors (Lipinski definition) is 4. The van der Waals surface area contributed by atoms with Crippen molar-refractivity contribution in [3.63, 3.8) is 0 Å². The number of carbonyl (C=O) groups excluding carboxylic acids is 1. The highest BCUT2D eigenvalue weighted by Gasteiger charge is 2.23. The maximum absolute atomic E-state index is 11.5. The Kier molecular flexibility index (Phi) is 7.36. The molecular weight excluding hydrogens is 324 g/mol. The van der Waals surface area contributed by atoms with Gasteiger partial charge >= 0.3 is 6.09 Å². The van der Waals surface area contributed by atoms with Crippen molar-refractivity contribution in [1.29, 1.82) is 0 Å². The number of aliphatic imine (C=N–C) groups is 1. The van der Waals surface area contributed by atoms with Gasteiger partial charge in [0.25, 0.3) is 0 Å². The molecule has 1 amide bonds. The highest BCUT2D eigenvalue weighted by molar-refractivity contribution is 7.09. The minimum Gasteiger partial charge on any atom is -0.453 e. The van der Waals surface area contributed by atoms with Crippen molar-refractivity contribution in [3.8, 4) is 0 Å². The molecule has 1 saturated heterocycles. The number of likely N-dealkylation sites (tertiary alicyclic amines) is 1. The van der Waals surface area contributed by atoms with Gasteiger partial charge in [0.15, 0.2) is 5.96 Å². The largest absolute Gasteiger partial charge is 0.453 e. The first kappa shape index (κ1) is 18.6. The smallest absolute Gasteiger partial charge is 0.409 e. The van der Waals surface area contributed by atoms with Gasteiger partial charge in [-0.1, -0.05) is 13.0 Å². The zero-order chi connectivity index (χ0) is 17.4. The number of carbonyl (C=O) groups is 1. The summed E-state index contributed by atoms with van der Waals surface area (Å²) in [7, 11) is 3.22. The van der Waals surface area contributed by atoms with Crippen LogP contribution in [0.25, 0.3) is 0 Å². The molecule has 0 radical (unpaired) electrons. The van der Waals surface area contributed by atoms with E-state index in [1.165, 1.54) is 12.0 Å². The van der Waals surface area contributed by atoms with Crippen molar-refractivity contribution in [1.82, 2.24) is 15.5 Å². The topological polar surface area (TPSA) is 66.0 Å². The lowest BCUT2D eigenvalue weighted by Crippen LogP contribution is -2.50. The number of nitrogens with zero attached hydrogens (tertiary/aromatic N) is 2. The zero-order valence-corrected chi connectivity index (χ0v) is 15.6. The molecule has 1 aliphatic rings. The van der Waals surface area contributed by atoms with Crippen molar-refractivity contribution < 1.29 is 9.53 Å². The Hall–Kier alpha value is -1.76. The Morgan fingerprint density at radius 1 is 1.50 bits per heavy atom. The van der Waals surface area contributed by atoms with E-state index in [0.717, 1.165) is 44.9 Å². The lowest BCUT2D eigenvalue weighted by molar-refractivity contribution is 0.111. The first-order valence-corrected chi connectivity index (χ1v) is 9.32. The van der Waals surface area contributed by atoms with Crippen LogP contribution in [-0.2, 0) is 11.2 Å². The molecule has 1 unspecified atom stereocenters. The molecule has 1 fully saturated rings. The third kappa shape index (κ3) is 5.70. The fourth-order valence-electron chi connectivity index (χ4n) is 2.84. The molecule has 2 N–H and O–H groups in total. The lowest BCUT2D eigenvalue weighted by atomic mass is 10.1. The molecule has 1 aliphatic heterocycles. The molecule has 0 aliphatic carbocycles. The average Bonchev–Trinajstić information content (AvgIpc) is 3.11. The maximum Gasteiger partial charge on any atom is 0.409 e. The molecule has 1 aromatic rings. The fraction of sp³-hybridized carbons (Fsp3) is 0.647. The maximum atomic E-state index is 11.5. The summed E-state index contributed by atoms with van der Waals surface area (Å²) in [5.74, 6) is 1.38. The van der Waals surface area contributed by atoms with E-state index in [-0.39, 0.29) is 6.09 Å². The summed E-state index contributed by atoms with van der Waals surface area (Å²) in [5.41, 5.74) is 0. The van der Waals surface area contributed by atoms with Gasteiger partial charge in [0.1, 0.15) is 0 Å². The van der Waals surface area contributed by atoms with E-state index >= 15 is 0 Å². The van der Waals surface area contributed by atoms with Crippen LogP contribution in [0.3, 0.4) is 0 Å². The summed E-state index contributed by atoms with van der Waals surface area (Å²) in [6.07, 6.45) is 2.65. The van der Waals surface area contributed by atoms with Crippen LogP contribution in [0, 0.1) is 5.92 Å². The number of piperidine rings is 1. The minimum absolute atomic E-state index is 0.238. The van der Waals surface area contributed by atoms with Crippen LogP contribution in [0.15, 0.2) is 22.5 Å². The van der Waals surface area contributed by atoms with Gasteiger partial charge in [-0.2, -0.15) is 0 Å². The number of ether oxygens (including phenoxy) is 1. The third-order valence-corrected chi connectivity index (χ3v) is 5.14. The molecule has 24 heavy (non-hydrogen) atoms. The quantitative estimate of drug-likeness (QED) is 0.630. The lowest BCUT2D eigenvalue weighted by Gasteiger charge is -2.32. The Morgan fingerprint density at radius 2 is 2.25 bits per heavy atom. The van der Waals surface area contributed by atoms with Gasteiger partial charge in [0, 0.05) is 37.6 Å². The van der Waals surface area contributed by atoms with Crippen LogP contribution >= 0.6 is 11.3 Å². The Bertz CT molecular complexity index is 525.